The molecule has 1 saturated carbocycles. The van der Waals surface area contributed by atoms with Gasteiger partial charge >= 0.3 is 0 Å². The van der Waals surface area contributed by atoms with Crippen LogP contribution in [0.4, 0.5) is 14.6 Å². The highest BCUT2D eigenvalue weighted by Crippen LogP contribution is 2.39. The molecule has 10 heteroatoms. The minimum absolute atomic E-state index is 0.0335. The monoisotopic (exact) mass is 491 g/mol. The molecule has 2 aromatic rings. The average molecular weight is 492 g/mol. The third kappa shape index (κ3) is 5.21. The summed E-state index contributed by atoms with van der Waals surface area (Å²) < 4.78 is 28.2. The van der Waals surface area contributed by atoms with Gasteiger partial charge < -0.3 is 15.5 Å². The van der Waals surface area contributed by atoms with Crippen LogP contribution in [-0.4, -0.2) is 51.9 Å². The summed E-state index contributed by atoms with van der Waals surface area (Å²) in [4.78, 5) is 37.1. The van der Waals surface area contributed by atoms with Crippen LogP contribution in [0.1, 0.15) is 91.1 Å². The Bertz CT molecular complexity index is 1040. The Balaban J connectivity index is 1.74. The number of nitrogens with one attached hydrogen (secondary N) is 2. The van der Waals surface area contributed by atoms with Crippen molar-refractivity contribution in [2.24, 2.45) is 0 Å². The van der Waals surface area contributed by atoms with Crippen LogP contribution in [0.25, 0.3) is 10.4 Å². The fourth-order valence-electron chi connectivity index (χ4n) is 4.62. The second-order valence-electron chi connectivity index (χ2n) is 9.03. The number of rotatable bonds is 8. The van der Waals surface area contributed by atoms with Crippen molar-refractivity contribution in [2.75, 3.05) is 18.4 Å². The predicted octanol–water partition coefficient (Wildman–Crippen LogP) is 5.26. The molecule has 2 N–H and O–H groups in total. The molecule has 184 valence electrons. The van der Waals surface area contributed by atoms with Crippen molar-refractivity contribution >= 4 is 29.0 Å². The molecular formula is C24H31F2N5O2S. The molecule has 1 unspecified atom stereocenters. The fraction of sp³-hybridized carbons (Fsp3) is 0.583. The number of alkyl halides is 2. The van der Waals surface area contributed by atoms with Crippen molar-refractivity contribution in [2.45, 2.75) is 77.3 Å². The van der Waals surface area contributed by atoms with Crippen LogP contribution in [0, 0.1) is 0 Å². The van der Waals surface area contributed by atoms with Crippen LogP contribution in [0.15, 0.2) is 12.3 Å². The maximum atomic E-state index is 14.1. The lowest BCUT2D eigenvalue weighted by atomic mass is 10.1. The van der Waals surface area contributed by atoms with E-state index in [-0.39, 0.29) is 50.6 Å². The molecule has 34 heavy (non-hydrogen) atoms. The number of nitrogens with zero attached hydrogens (tertiary/aromatic N) is 3. The zero-order valence-electron chi connectivity index (χ0n) is 19.6. The van der Waals surface area contributed by atoms with Crippen LogP contribution in [0.2, 0.25) is 0 Å². The van der Waals surface area contributed by atoms with Gasteiger partial charge in [0.1, 0.15) is 11.5 Å². The molecule has 0 bridgehead atoms. The molecular weight excluding hydrogens is 460 g/mol. The zero-order valence-corrected chi connectivity index (χ0v) is 20.4. The van der Waals surface area contributed by atoms with Crippen molar-refractivity contribution < 1.29 is 18.4 Å². The van der Waals surface area contributed by atoms with Gasteiger partial charge in [0.15, 0.2) is 5.01 Å². The number of aromatic nitrogens is 2. The van der Waals surface area contributed by atoms with Crippen LogP contribution in [-0.2, 0) is 0 Å². The molecule has 0 radical (unpaired) electrons. The number of hydrogen-bond donors (Lipinski definition) is 2. The van der Waals surface area contributed by atoms with Crippen LogP contribution in [0.5, 0.6) is 0 Å². The normalized spacial score (nSPS) is 18.6. The number of thiazole rings is 1. The Kier molecular flexibility index (Phi) is 7.75. The van der Waals surface area contributed by atoms with E-state index in [1.165, 1.54) is 12.3 Å². The molecule has 1 atom stereocenters. The maximum Gasteiger partial charge on any atom is 0.280 e. The molecule has 7 nitrogen and oxygen atoms in total. The van der Waals surface area contributed by atoms with E-state index in [0.717, 1.165) is 56.3 Å². The van der Waals surface area contributed by atoms with Gasteiger partial charge in [0.05, 0.1) is 4.88 Å². The van der Waals surface area contributed by atoms with E-state index in [9.17, 15) is 18.4 Å². The number of hydrogen-bond acceptors (Lipinski definition) is 6. The summed E-state index contributed by atoms with van der Waals surface area (Å²) >= 11 is 0.983. The van der Waals surface area contributed by atoms with E-state index < -0.39 is 6.43 Å². The van der Waals surface area contributed by atoms with E-state index in [1.807, 2.05) is 13.8 Å². The Morgan fingerprint density at radius 2 is 2.00 bits per heavy atom. The zero-order chi connectivity index (χ0) is 24.2. The Hall–Kier alpha value is -2.62. The van der Waals surface area contributed by atoms with Crippen molar-refractivity contribution in [1.82, 2.24) is 20.2 Å². The summed E-state index contributed by atoms with van der Waals surface area (Å²) in [7, 11) is 0. The number of likely N-dealkylation sites (tertiary alicyclic amines) is 1. The summed E-state index contributed by atoms with van der Waals surface area (Å²) in [6.45, 7) is 5.13. The lowest BCUT2D eigenvalue weighted by molar-refractivity contribution is 0.0743. The SMILES string of the molecule is CCCNc1cc(C(F)F)c(-c2sc(C(=O)NC3CCCC3)nc2C(=O)N2CCCC2C)cn1. The average Bonchev–Trinajstić information content (AvgIpc) is 3.58. The van der Waals surface area contributed by atoms with Crippen molar-refractivity contribution in [3.8, 4) is 10.4 Å². The first kappa shape index (κ1) is 24.5. The van der Waals surface area contributed by atoms with Crippen LogP contribution >= 0.6 is 11.3 Å². The molecule has 2 fully saturated rings. The molecule has 1 aliphatic carbocycles. The second-order valence-corrected chi connectivity index (χ2v) is 10.0. The highest BCUT2D eigenvalue weighted by atomic mass is 32.1. The Morgan fingerprint density at radius 3 is 2.65 bits per heavy atom. The first-order valence-electron chi connectivity index (χ1n) is 12.0. The number of pyridine rings is 1. The largest absolute Gasteiger partial charge is 0.370 e. The van der Waals surface area contributed by atoms with Gasteiger partial charge in [-0.25, -0.2) is 18.7 Å². The molecule has 2 amide bonds. The van der Waals surface area contributed by atoms with Gasteiger partial charge in [-0.2, -0.15) is 0 Å². The quantitative estimate of drug-likeness (QED) is 0.526. The number of carbonyl (C=O) groups is 2. The number of halogens is 2. The Morgan fingerprint density at radius 1 is 1.24 bits per heavy atom. The molecule has 2 aromatic heterocycles. The first-order valence-corrected chi connectivity index (χ1v) is 12.9. The molecule has 0 spiro atoms. The number of amides is 2. The van der Waals surface area contributed by atoms with Gasteiger partial charge in [-0.15, -0.1) is 11.3 Å². The number of carbonyl (C=O) groups excluding carboxylic acids is 2. The number of anilines is 1. The summed E-state index contributed by atoms with van der Waals surface area (Å²) in [6.07, 6.45) is 5.11. The van der Waals surface area contributed by atoms with Gasteiger partial charge in [0.2, 0.25) is 0 Å². The molecule has 1 aliphatic heterocycles. The van der Waals surface area contributed by atoms with Gasteiger partial charge in [-0.05, 0) is 45.1 Å². The van der Waals surface area contributed by atoms with E-state index in [4.69, 9.17) is 0 Å². The first-order chi connectivity index (χ1) is 16.4. The third-order valence-corrected chi connectivity index (χ3v) is 7.59. The summed E-state index contributed by atoms with van der Waals surface area (Å²) in [5.41, 5.74) is -0.0403. The lowest BCUT2D eigenvalue weighted by Crippen LogP contribution is -2.34. The lowest BCUT2D eigenvalue weighted by Gasteiger charge is -2.21. The highest BCUT2D eigenvalue weighted by Gasteiger charge is 2.33. The van der Waals surface area contributed by atoms with Gasteiger partial charge in [-0.3, -0.25) is 9.59 Å². The summed E-state index contributed by atoms with van der Waals surface area (Å²) in [5.74, 6) is -0.338. The van der Waals surface area contributed by atoms with Crippen LogP contribution in [0.3, 0.4) is 0 Å². The highest BCUT2D eigenvalue weighted by molar-refractivity contribution is 7.17. The minimum Gasteiger partial charge on any atom is -0.370 e. The van der Waals surface area contributed by atoms with Crippen molar-refractivity contribution in [1.29, 1.82) is 0 Å². The van der Waals surface area contributed by atoms with Gasteiger partial charge in [0.25, 0.3) is 18.2 Å². The smallest absolute Gasteiger partial charge is 0.280 e. The third-order valence-electron chi connectivity index (χ3n) is 6.50. The van der Waals surface area contributed by atoms with Gasteiger partial charge in [-0.1, -0.05) is 19.8 Å². The second kappa shape index (κ2) is 10.8. The van der Waals surface area contributed by atoms with E-state index >= 15 is 0 Å². The molecule has 2 aliphatic rings. The molecule has 3 heterocycles. The fourth-order valence-corrected chi connectivity index (χ4v) is 5.62. The standard InChI is InChI=1S/C24H31F2N5O2S/c1-3-10-27-18-12-16(21(25)26)17(13-28-18)20-19(24(33)31-11-6-7-14(31)2)30-23(34-20)22(32)29-15-8-4-5-9-15/h12-15,21H,3-11H2,1-2H3,(H,27,28)(H,29,32). The maximum absolute atomic E-state index is 14.1. The molecule has 4 rings (SSSR count). The minimum atomic E-state index is -2.77. The molecule has 1 saturated heterocycles. The van der Waals surface area contributed by atoms with E-state index in [2.05, 4.69) is 20.6 Å². The summed E-state index contributed by atoms with van der Waals surface area (Å²) in [5, 5.41) is 6.12. The van der Waals surface area contributed by atoms with Crippen LogP contribution < -0.4 is 10.6 Å². The summed E-state index contributed by atoms with van der Waals surface area (Å²) in [6, 6.07) is 1.44. The van der Waals surface area contributed by atoms with E-state index in [1.54, 1.807) is 4.90 Å². The van der Waals surface area contributed by atoms with Crippen molar-refractivity contribution in [3.63, 3.8) is 0 Å². The molecule has 0 aromatic carbocycles. The van der Waals surface area contributed by atoms with E-state index in [0.29, 0.717) is 18.9 Å². The van der Waals surface area contributed by atoms with Gasteiger partial charge in [0, 0.05) is 42.5 Å². The van der Waals surface area contributed by atoms with Crippen molar-refractivity contribution in [3.05, 3.63) is 28.5 Å². The topological polar surface area (TPSA) is 87.2 Å². The predicted molar refractivity (Wildman–Crippen MR) is 129 cm³/mol. The Labute approximate surface area is 202 Å².